The monoisotopic (exact) mass is 713 g/mol. The average molecular weight is 714 g/mol. The summed E-state index contributed by atoms with van der Waals surface area (Å²) in [5, 5.41) is 7.97. The van der Waals surface area contributed by atoms with Crippen molar-refractivity contribution in [1.29, 1.82) is 0 Å². The van der Waals surface area contributed by atoms with Gasteiger partial charge in [0.1, 0.15) is 23.1 Å². The van der Waals surface area contributed by atoms with E-state index >= 15 is 0 Å². The third-order valence-corrected chi connectivity index (χ3v) is 8.91. The number of hydrogen-bond donors (Lipinski definition) is 2. The maximum Gasteiger partial charge on any atom is 0.256 e. The third kappa shape index (κ3) is 8.30. The lowest BCUT2D eigenvalue weighted by molar-refractivity contribution is 0.0357. The number of pyridine rings is 2. The highest BCUT2D eigenvalue weighted by molar-refractivity contribution is 6.14. The molecule has 2 N–H and O–H groups in total. The van der Waals surface area contributed by atoms with Crippen LogP contribution in [0.15, 0.2) is 103 Å². The number of hydrogen-bond acceptors (Lipinski definition) is 10. The number of benzene rings is 4. The molecular formula is C41H39N5O7. The van der Waals surface area contributed by atoms with Crippen LogP contribution in [0.5, 0.6) is 28.7 Å². The summed E-state index contributed by atoms with van der Waals surface area (Å²) in [6, 6.07) is 26.6. The van der Waals surface area contributed by atoms with Crippen molar-refractivity contribution in [2.75, 3.05) is 64.3 Å². The molecule has 0 radical (unpaired) electrons. The Balaban J connectivity index is 1.07. The first kappa shape index (κ1) is 35.2. The van der Waals surface area contributed by atoms with E-state index in [1.807, 2.05) is 42.5 Å². The molecule has 2 amide bonds. The van der Waals surface area contributed by atoms with Gasteiger partial charge in [0.15, 0.2) is 11.5 Å². The molecular weight excluding hydrogens is 674 g/mol. The summed E-state index contributed by atoms with van der Waals surface area (Å²) in [5.41, 5.74) is 1.83. The van der Waals surface area contributed by atoms with E-state index in [0.29, 0.717) is 63.5 Å². The van der Waals surface area contributed by atoms with Crippen molar-refractivity contribution in [3.63, 3.8) is 0 Å². The normalized spacial score (nSPS) is 13.0. The van der Waals surface area contributed by atoms with Gasteiger partial charge in [-0.2, -0.15) is 0 Å². The Kier molecular flexibility index (Phi) is 10.9. The van der Waals surface area contributed by atoms with Gasteiger partial charge in [0, 0.05) is 54.6 Å². The lowest BCUT2D eigenvalue weighted by atomic mass is 10.0. The number of methoxy groups -OCH3 is 2. The standard InChI is InChI=1S/C41H39N5O7/c1-49-36-13-10-28(40(47)45-39-9-3-4-15-43-39)24-34(36)44-41(48)31-8-5-7-27-23-29(11-12-30(27)31)53-35-14-16-42-33-26-38(37(50-2)25-32(33)35)52-20-6-17-46-18-21-51-22-19-46/h3-5,7-16,23-26H,6,17-22H2,1-2H3,(H,44,48)(H,43,45,47). The molecule has 2 aromatic heterocycles. The van der Waals surface area contributed by atoms with E-state index in [0.717, 1.165) is 55.4 Å². The number of rotatable bonds is 13. The minimum absolute atomic E-state index is 0.330. The Labute approximate surface area is 306 Å². The molecule has 0 unspecified atom stereocenters. The van der Waals surface area contributed by atoms with Gasteiger partial charge in [-0.25, -0.2) is 4.98 Å². The number of anilines is 2. The number of carbonyl (C=O) groups excluding carboxylic acids is 2. The zero-order valence-electron chi connectivity index (χ0n) is 29.5. The third-order valence-electron chi connectivity index (χ3n) is 8.91. The van der Waals surface area contributed by atoms with Gasteiger partial charge in [0.2, 0.25) is 0 Å². The first-order valence-electron chi connectivity index (χ1n) is 17.3. The van der Waals surface area contributed by atoms with Crippen LogP contribution in [-0.4, -0.2) is 80.4 Å². The summed E-state index contributed by atoms with van der Waals surface area (Å²) in [4.78, 5) is 37.7. The second-order valence-electron chi connectivity index (χ2n) is 12.3. The van der Waals surface area contributed by atoms with Gasteiger partial charge < -0.3 is 34.3 Å². The van der Waals surface area contributed by atoms with E-state index in [1.165, 1.54) is 7.11 Å². The molecule has 12 nitrogen and oxygen atoms in total. The Morgan fingerprint density at radius 1 is 0.755 bits per heavy atom. The smallest absolute Gasteiger partial charge is 0.256 e. The summed E-state index contributed by atoms with van der Waals surface area (Å²) in [6.07, 6.45) is 4.17. The molecule has 0 saturated carbocycles. The lowest BCUT2D eigenvalue weighted by Crippen LogP contribution is -2.37. The van der Waals surface area contributed by atoms with E-state index in [4.69, 9.17) is 23.7 Å². The molecule has 270 valence electrons. The number of morpholine rings is 1. The maximum absolute atomic E-state index is 13.7. The van der Waals surface area contributed by atoms with Crippen molar-refractivity contribution in [2.24, 2.45) is 0 Å². The van der Waals surface area contributed by atoms with Crippen molar-refractivity contribution >= 4 is 45.0 Å². The van der Waals surface area contributed by atoms with Crippen molar-refractivity contribution in [1.82, 2.24) is 14.9 Å². The van der Waals surface area contributed by atoms with Crippen LogP contribution in [-0.2, 0) is 4.74 Å². The zero-order chi connectivity index (χ0) is 36.6. The molecule has 1 aliphatic rings. The Hall–Kier alpha value is -6.24. The SMILES string of the molecule is COc1ccc(C(=O)Nc2ccccn2)cc1NC(=O)c1cccc2cc(Oc3ccnc4cc(OCCCN5CCOCC5)c(OC)cc34)ccc12. The van der Waals surface area contributed by atoms with Gasteiger partial charge in [-0.3, -0.25) is 19.5 Å². The van der Waals surface area contributed by atoms with Crippen molar-refractivity contribution in [3.05, 3.63) is 115 Å². The Morgan fingerprint density at radius 3 is 2.43 bits per heavy atom. The van der Waals surface area contributed by atoms with Crippen LogP contribution in [0.3, 0.4) is 0 Å². The number of fused-ring (bicyclic) bond motifs is 2. The summed E-state index contributed by atoms with van der Waals surface area (Å²) in [5.74, 6) is 2.48. The quantitative estimate of drug-likeness (QED) is 0.118. The zero-order valence-corrected chi connectivity index (χ0v) is 29.5. The van der Waals surface area contributed by atoms with Gasteiger partial charge in [-0.15, -0.1) is 0 Å². The molecule has 7 rings (SSSR count). The van der Waals surface area contributed by atoms with Crippen molar-refractivity contribution in [2.45, 2.75) is 6.42 Å². The number of amides is 2. The second kappa shape index (κ2) is 16.4. The average Bonchev–Trinajstić information content (AvgIpc) is 3.19. The van der Waals surface area contributed by atoms with E-state index in [-0.39, 0.29) is 11.8 Å². The number of nitrogens with zero attached hydrogens (tertiary/aromatic N) is 3. The van der Waals surface area contributed by atoms with Crippen LogP contribution in [0, 0.1) is 0 Å². The minimum atomic E-state index is -0.371. The van der Waals surface area contributed by atoms with E-state index in [9.17, 15) is 9.59 Å². The van der Waals surface area contributed by atoms with Gasteiger partial charge in [0.05, 0.1) is 45.2 Å². The van der Waals surface area contributed by atoms with E-state index < -0.39 is 0 Å². The van der Waals surface area contributed by atoms with Gasteiger partial charge in [0.25, 0.3) is 11.8 Å². The highest BCUT2D eigenvalue weighted by Gasteiger charge is 2.18. The predicted octanol–water partition coefficient (Wildman–Crippen LogP) is 7.20. The van der Waals surface area contributed by atoms with Crippen LogP contribution in [0.1, 0.15) is 27.1 Å². The molecule has 12 heteroatoms. The largest absolute Gasteiger partial charge is 0.495 e. The number of nitrogens with one attached hydrogen (secondary N) is 2. The highest BCUT2D eigenvalue weighted by Crippen LogP contribution is 2.38. The molecule has 1 fully saturated rings. The van der Waals surface area contributed by atoms with Crippen molar-refractivity contribution < 1.29 is 33.3 Å². The molecule has 53 heavy (non-hydrogen) atoms. The van der Waals surface area contributed by atoms with Crippen LogP contribution in [0.25, 0.3) is 21.7 Å². The Bertz CT molecular complexity index is 2240. The van der Waals surface area contributed by atoms with Crippen LogP contribution in [0.4, 0.5) is 11.5 Å². The first-order valence-corrected chi connectivity index (χ1v) is 17.3. The van der Waals surface area contributed by atoms with Gasteiger partial charge in [-0.1, -0.05) is 18.2 Å². The van der Waals surface area contributed by atoms with E-state index in [2.05, 4.69) is 25.5 Å². The summed E-state index contributed by atoms with van der Waals surface area (Å²) in [7, 11) is 3.12. The highest BCUT2D eigenvalue weighted by atomic mass is 16.5. The van der Waals surface area contributed by atoms with Gasteiger partial charge in [-0.05, 0) is 83.9 Å². The topological polar surface area (TPSA) is 133 Å². The first-order chi connectivity index (χ1) is 26.0. The molecule has 0 bridgehead atoms. The van der Waals surface area contributed by atoms with Gasteiger partial charge >= 0.3 is 0 Å². The summed E-state index contributed by atoms with van der Waals surface area (Å²) >= 11 is 0. The fourth-order valence-corrected chi connectivity index (χ4v) is 6.20. The van der Waals surface area contributed by atoms with E-state index in [1.54, 1.807) is 68.0 Å². The lowest BCUT2D eigenvalue weighted by Gasteiger charge is -2.26. The van der Waals surface area contributed by atoms with Crippen molar-refractivity contribution in [3.8, 4) is 28.7 Å². The molecule has 6 aromatic rings. The number of carbonyl (C=O) groups is 2. The molecule has 3 heterocycles. The fourth-order valence-electron chi connectivity index (χ4n) is 6.20. The molecule has 0 aliphatic carbocycles. The maximum atomic E-state index is 13.7. The predicted molar refractivity (Wildman–Crippen MR) is 203 cm³/mol. The molecule has 1 saturated heterocycles. The van der Waals surface area contributed by atoms with Crippen LogP contribution >= 0.6 is 0 Å². The second-order valence-corrected chi connectivity index (χ2v) is 12.3. The number of ether oxygens (including phenoxy) is 5. The number of aromatic nitrogens is 2. The fraction of sp³-hybridized carbons (Fsp3) is 0.220. The molecule has 0 atom stereocenters. The van der Waals surface area contributed by atoms with Crippen LogP contribution < -0.4 is 29.6 Å². The summed E-state index contributed by atoms with van der Waals surface area (Å²) < 4.78 is 29.1. The molecule has 1 aliphatic heterocycles. The minimum Gasteiger partial charge on any atom is -0.495 e. The van der Waals surface area contributed by atoms with Crippen LogP contribution in [0.2, 0.25) is 0 Å². The summed E-state index contributed by atoms with van der Waals surface area (Å²) in [6.45, 7) is 4.94. The Morgan fingerprint density at radius 2 is 1.62 bits per heavy atom. The molecule has 4 aromatic carbocycles. The molecule has 0 spiro atoms.